The number of amides is 1. The second kappa shape index (κ2) is 8.43. The Morgan fingerprint density at radius 1 is 0.964 bits per heavy atom. The molecule has 1 N–H and O–H groups in total. The van der Waals surface area contributed by atoms with Crippen molar-refractivity contribution in [1.82, 2.24) is 4.57 Å². The minimum absolute atomic E-state index is 0.200. The van der Waals surface area contributed by atoms with Gasteiger partial charge >= 0.3 is 0 Å². The van der Waals surface area contributed by atoms with Crippen LogP contribution in [0.3, 0.4) is 0 Å². The molecule has 0 unspecified atom stereocenters. The van der Waals surface area contributed by atoms with E-state index in [1.165, 1.54) is 16.7 Å². The van der Waals surface area contributed by atoms with Crippen LogP contribution in [0.4, 0.5) is 5.69 Å². The molecule has 0 bridgehead atoms. The lowest BCUT2D eigenvalue weighted by Gasteiger charge is -2.11. The number of ether oxygens (including phenoxy) is 2. The number of aryl methyl sites for hydroxylation is 1. The van der Waals surface area contributed by atoms with E-state index >= 15 is 0 Å². The van der Waals surface area contributed by atoms with Crippen LogP contribution in [-0.4, -0.2) is 24.7 Å². The maximum Gasteiger partial charge on any atom is 0.257 e. The average molecular weight is 378 g/mol. The zero-order chi connectivity index (χ0) is 20.1. The van der Waals surface area contributed by atoms with Crippen molar-refractivity contribution >= 4 is 11.6 Å². The van der Waals surface area contributed by atoms with Crippen LogP contribution < -0.4 is 20.3 Å². The first kappa shape index (κ1) is 19.2. The van der Waals surface area contributed by atoms with Crippen molar-refractivity contribution in [2.45, 2.75) is 13.5 Å². The Hall–Kier alpha value is -3.54. The van der Waals surface area contributed by atoms with E-state index in [4.69, 9.17) is 9.47 Å². The number of hydrogen-bond donors (Lipinski definition) is 1. The third-order valence-corrected chi connectivity index (χ3v) is 4.32. The summed E-state index contributed by atoms with van der Waals surface area (Å²) in [4.78, 5) is 24.8. The maximum absolute atomic E-state index is 12.5. The summed E-state index contributed by atoms with van der Waals surface area (Å²) in [6, 6.07) is 15.9. The molecule has 0 radical (unpaired) electrons. The second-order valence-corrected chi connectivity index (χ2v) is 6.42. The van der Waals surface area contributed by atoms with E-state index in [0.717, 1.165) is 11.1 Å². The van der Waals surface area contributed by atoms with Crippen LogP contribution in [0.15, 0.2) is 65.6 Å². The number of hydrogen-bond acceptors (Lipinski definition) is 4. The Labute approximate surface area is 163 Å². The fourth-order valence-electron chi connectivity index (χ4n) is 2.78. The Kier molecular flexibility index (Phi) is 5.79. The van der Waals surface area contributed by atoms with Gasteiger partial charge in [-0.25, -0.2) is 0 Å². The number of rotatable bonds is 6. The van der Waals surface area contributed by atoms with Gasteiger partial charge in [0.05, 0.1) is 26.3 Å². The van der Waals surface area contributed by atoms with Crippen molar-refractivity contribution in [3.63, 3.8) is 0 Å². The molecule has 6 heteroatoms. The van der Waals surface area contributed by atoms with Crippen LogP contribution in [0.25, 0.3) is 0 Å². The highest BCUT2D eigenvalue weighted by Gasteiger charge is 2.10. The smallest absolute Gasteiger partial charge is 0.257 e. The van der Waals surface area contributed by atoms with Crippen LogP contribution in [0.1, 0.15) is 21.5 Å². The van der Waals surface area contributed by atoms with Crippen molar-refractivity contribution < 1.29 is 14.3 Å². The molecule has 0 aliphatic heterocycles. The van der Waals surface area contributed by atoms with Crippen molar-refractivity contribution in [2.75, 3.05) is 19.5 Å². The molecule has 0 fully saturated rings. The van der Waals surface area contributed by atoms with Crippen LogP contribution in [0.5, 0.6) is 11.5 Å². The van der Waals surface area contributed by atoms with E-state index < -0.39 is 0 Å². The number of nitrogens with one attached hydrogen (secondary N) is 1. The van der Waals surface area contributed by atoms with Gasteiger partial charge in [0.1, 0.15) is 11.5 Å². The molecule has 2 aromatic carbocycles. The summed E-state index contributed by atoms with van der Waals surface area (Å²) in [6.07, 6.45) is 1.55. The molecule has 0 saturated carbocycles. The number of methoxy groups -OCH3 is 2. The van der Waals surface area contributed by atoms with Gasteiger partial charge in [0, 0.05) is 24.0 Å². The Bertz CT molecular complexity index is 1020. The summed E-state index contributed by atoms with van der Waals surface area (Å²) in [6.45, 7) is 2.27. The van der Waals surface area contributed by atoms with Gasteiger partial charge in [-0.3, -0.25) is 9.59 Å². The molecule has 0 atom stereocenters. The fourth-order valence-corrected chi connectivity index (χ4v) is 2.78. The zero-order valence-corrected chi connectivity index (χ0v) is 16.1. The number of carbonyl (C=O) groups is 1. The molecular weight excluding hydrogens is 356 g/mol. The molecule has 1 amide bonds. The number of carbonyl (C=O) groups excluding carboxylic acids is 1. The van der Waals surface area contributed by atoms with E-state index in [9.17, 15) is 9.59 Å². The standard InChI is InChI=1S/C22H22N2O4/c1-15-4-7-18(8-5-15)23-22(26)17-6-9-21(25)24(14-17)13-16-10-19(27-2)12-20(11-16)28-3/h4-12,14H,13H2,1-3H3,(H,23,26). The highest BCUT2D eigenvalue weighted by molar-refractivity contribution is 6.04. The highest BCUT2D eigenvalue weighted by Crippen LogP contribution is 2.23. The highest BCUT2D eigenvalue weighted by atomic mass is 16.5. The number of anilines is 1. The summed E-state index contributed by atoms with van der Waals surface area (Å²) in [7, 11) is 3.14. The average Bonchev–Trinajstić information content (AvgIpc) is 2.71. The quantitative estimate of drug-likeness (QED) is 0.713. The number of nitrogens with zero attached hydrogens (tertiary/aromatic N) is 1. The first-order valence-corrected chi connectivity index (χ1v) is 8.79. The van der Waals surface area contributed by atoms with Crippen LogP contribution in [0, 0.1) is 6.92 Å². The van der Waals surface area contributed by atoms with E-state index in [2.05, 4.69) is 5.32 Å². The summed E-state index contributed by atoms with van der Waals surface area (Å²) >= 11 is 0. The van der Waals surface area contributed by atoms with E-state index in [0.29, 0.717) is 22.7 Å². The maximum atomic E-state index is 12.5. The lowest BCUT2D eigenvalue weighted by molar-refractivity contribution is 0.102. The minimum Gasteiger partial charge on any atom is -0.497 e. The molecule has 6 nitrogen and oxygen atoms in total. The largest absolute Gasteiger partial charge is 0.497 e. The van der Waals surface area contributed by atoms with Gasteiger partial charge in [-0.1, -0.05) is 17.7 Å². The van der Waals surface area contributed by atoms with Gasteiger partial charge in [-0.05, 0) is 42.8 Å². The van der Waals surface area contributed by atoms with Crippen molar-refractivity contribution in [3.05, 3.63) is 87.8 Å². The van der Waals surface area contributed by atoms with Crippen LogP contribution in [-0.2, 0) is 6.54 Å². The van der Waals surface area contributed by atoms with Gasteiger partial charge in [0.25, 0.3) is 11.5 Å². The van der Waals surface area contributed by atoms with E-state index in [-0.39, 0.29) is 18.0 Å². The summed E-state index contributed by atoms with van der Waals surface area (Å²) < 4.78 is 12.0. The molecule has 0 aliphatic carbocycles. The summed E-state index contributed by atoms with van der Waals surface area (Å²) in [5, 5.41) is 2.84. The predicted octanol–water partition coefficient (Wildman–Crippen LogP) is 3.47. The Balaban J connectivity index is 1.84. The molecule has 28 heavy (non-hydrogen) atoms. The van der Waals surface area contributed by atoms with E-state index in [1.54, 1.807) is 26.5 Å². The van der Waals surface area contributed by atoms with Gasteiger partial charge in [-0.15, -0.1) is 0 Å². The van der Waals surface area contributed by atoms with Gasteiger partial charge < -0.3 is 19.4 Å². The molecule has 1 heterocycles. The first-order chi connectivity index (χ1) is 13.5. The summed E-state index contributed by atoms with van der Waals surface area (Å²) in [5.74, 6) is 0.993. The normalized spacial score (nSPS) is 10.4. The van der Waals surface area contributed by atoms with Crippen LogP contribution in [0.2, 0.25) is 0 Å². The van der Waals surface area contributed by atoms with E-state index in [1.807, 2.05) is 43.3 Å². The van der Waals surface area contributed by atoms with Crippen LogP contribution >= 0.6 is 0 Å². The minimum atomic E-state index is -0.277. The monoisotopic (exact) mass is 378 g/mol. The SMILES string of the molecule is COc1cc(Cn2cc(C(=O)Nc3ccc(C)cc3)ccc2=O)cc(OC)c1. The van der Waals surface area contributed by atoms with Crippen molar-refractivity contribution in [3.8, 4) is 11.5 Å². The third-order valence-electron chi connectivity index (χ3n) is 4.32. The summed E-state index contributed by atoms with van der Waals surface area (Å²) in [5.41, 5.74) is 2.84. The topological polar surface area (TPSA) is 69.6 Å². The van der Waals surface area contributed by atoms with Gasteiger partial charge in [-0.2, -0.15) is 0 Å². The molecule has 1 aromatic heterocycles. The third kappa shape index (κ3) is 4.59. The van der Waals surface area contributed by atoms with Crippen molar-refractivity contribution in [1.29, 1.82) is 0 Å². The lowest BCUT2D eigenvalue weighted by Crippen LogP contribution is -2.22. The Morgan fingerprint density at radius 2 is 1.61 bits per heavy atom. The van der Waals surface area contributed by atoms with Gasteiger partial charge in [0.2, 0.25) is 0 Å². The molecule has 0 aliphatic rings. The first-order valence-electron chi connectivity index (χ1n) is 8.79. The molecule has 144 valence electrons. The molecular formula is C22H22N2O4. The molecule has 3 aromatic rings. The fraction of sp³-hybridized carbons (Fsp3) is 0.182. The molecule has 3 rings (SSSR count). The number of benzene rings is 2. The predicted molar refractivity (Wildman–Crippen MR) is 108 cm³/mol. The van der Waals surface area contributed by atoms with Gasteiger partial charge in [0.15, 0.2) is 0 Å². The number of pyridine rings is 1. The zero-order valence-electron chi connectivity index (χ0n) is 16.1. The molecule has 0 spiro atoms. The molecule has 0 saturated heterocycles. The number of aromatic nitrogens is 1. The lowest BCUT2D eigenvalue weighted by atomic mass is 10.2. The Morgan fingerprint density at radius 3 is 2.21 bits per heavy atom. The second-order valence-electron chi connectivity index (χ2n) is 6.42. The van der Waals surface area contributed by atoms with Crippen molar-refractivity contribution in [2.24, 2.45) is 0 Å².